The Balaban J connectivity index is 1.46. The van der Waals surface area contributed by atoms with Crippen molar-refractivity contribution in [1.29, 1.82) is 0 Å². The molecule has 0 radical (unpaired) electrons. The zero-order valence-electron chi connectivity index (χ0n) is 17.6. The van der Waals surface area contributed by atoms with Gasteiger partial charge in [-0.15, -0.1) is 0 Å². The molecule has 1 saturated heterocycles. The number of ether oxygens (including phenoxy) is 1. The van der Waals surface area contributed by atoms with E-state index in [0.717, 1.165) is 37.6 Å². The molecule has 0 spiro atoms. The molecule has 0 atom stereocenters. The predicted octanol–water partition coefficient (Wildman–Crippen LogP) is 4.91. The quantitative estimate of drug-likeness (QED) is 0.601. The Morgan fingerprint density at radius 2 is 1.62 bits per heavy atom. The highest BCUT2D eigenvalue weighted by atomic mass is 16.5. The van der Waals surface area contributed by atoms with Gasteiger partial charge in [0.25, 0.3) is 0 Å². The Morgan fingerprint density at radius 3 is 2.38 bits per heavy atom. The summed E-state index contributed by atoms with van der Waals surface area (Å²) in [6.07, 6.45) is 2.64. The third-order valence-electron chi connectivity index (χ3n) is 5.48. The maximum absolute atomic E-state index is 6.16. The molecule has 0 amide bonds. The number of hydrogen-bond acceptors (Lipinski definition) is 4. The smallest absolute Gasteiger partial charge is 0.142 e. The first kappa shape index (κ1) is 19.3. The lowest BCUT2D eigenvalue weighted by molar-refractivity contribution is 0.321. The number of aryl methyl sites for hydroxylation is 3. The van der Waals surface area contributed by atoms with Gasteiger partial charge in [0.1, 0.15) is 5.75 Å². The van der Waals surface area contributed by atoms with Crippen molar-refractivity contribution in [3.63, 3.8) is 0 Å². The van der Waals surface area contributed by atoms with Crippen LogP contribution in [0.2, 0.25) is 0 Å². The molecule has 29 heavy (non-hydrogen) atoms. The van der Waals surface area contributed by atoms with Crippen LogP contribution in [0.25, 0.3) is 0 Å². The molecule has 4 nitrogen and oxygen atoms in total. The van der Waals surface area contributed by atoms with Crippen molar-refractivity contribution in [2.45, 2.75) is 27.2 Å². The normalized spacial score (nSPS) is 13.8. The van der Waals surface area contributed by atoms with Crippen LogP contribution in [0, 0.1) is 20.8 Å². The highest BCUT2D eigenvalue weighted by Gasteiger charge is 2.24. The first-order valence-electron chi connectivity index (χ1n) is 10.3. The van der Waals surface area contributed by atoms with E-state index in [1.54, 1.807) is 0 Å². The molecular formula is C25H29N3O. The molecule has 3 aromatic rings. The minimum atomic E-state index is 0.627. The average Bonchev–Trinajstić information content (AvgIpc) is 3.18. The lowest BCUT2D eigenvalue weighted by atomic mass is 10.0. The van der Waals surface area contributed by atoms with Crippen LogP contribution in [0.1, 0.15) is 22.4 Å². The number of nitrogens with zero attached hydrogens (tertiary/aromatic N) is 3. The van der Waals surface area contributed by atoms with E-state index in [9.17, 15) is 0 Å². The van der Waals surface area contributed by atoms with E-state index >= 15 is 0 Å². The minimum Gasteiger partial charge on any atom is -0.491 e. The van der Waals surface area contributed by atoms with Gasteiger partial charge in [-0.25, -0.2) is 0 Å². The largest absolute Gasteiger partial charge is 0.491 e. The topological polar surface area (TPSA) is 28.6 Å². The summed E-state index contributed by atoms with van der Waals surface area (Å²) in [7, 11) is 0. The molecular weight excluding hydrogens is 358 g/mol. The average molecular weight is 388 g/mol. The molecule has 0 bridgehead atoms. The second-order valence-corrected chi connectivity index (χ2v) is 7.80. The summed E-state index contributed by atoms with van der Waals surface area (Å²) in [6.45, 7) is 10.1. The van der Waals surface area contributed by atoms with Crippen LogP contribution in [-0.2, 0) is 6.42 Å². The molecule has 0 N–H and O–H groups in total. The minimum absolute atomic E-state index is 0.627. The van der Waals surface area contributed by atoms with Gasteiger partial charge in [-0.05, 0) is 56.2 Å². The fraction of sp³-hybridized carbons (Fsp3) is 0.320. The molecule has 0 aliphatic carbocycles. The lowest BCUT2D eigenvalue weighted by Crippen LogP contribution is -2.26. The van der Waals surface area contributed by atoms with Crippen molar-refractivity contribution in [3.8, 4) is 5.75 Å². The summed E-state index contributed by atoms with van der Waals surface area (Å²) in [6, 6.07) is 18.9. The number of para-hydroxylation sites is 2. The maximum Gasteiger partial charge on any atom is 0.142 e. The van der Waals surface area contributed by atoms with Gasteiger partial charge in [0, 0.05) is 37.1 Å². The van der Waals surface area contributed by atoms with Gasteiger partial charge in [0.2, 0.25) is 0 Å². The van der Waals surface area contributed by atoms with Crippen LogP contribution >= 0.6 is 0 Å². The fourth-order valence-corrected chi connectivity index (χ4v) is 4.29. The van der Waals surface area contributed by atoms with E-state index in [1.807, 2.05) is 30.5 Å². The number of benzene rings is 2. The van der Waals surface area contributed by atoms with Gasteiger partial charge < -0.3 is 14.5 Å². The summed E-state index contributed by atoms with van der Waals surface area (Å²) >= 11 is 0. The Labute approximate surface area is 173 Å². The second kappa shape index (κ2) is 8.56. The third kappa shape index (κ3) is 4.37. The van der Waals surface area contributed by atoms with Gasteiger partial charge in [0.05, 0.1) is 19.0 Å². The number of aromatic nitrogens is 1. The maximum atomic E-state index is 6.16. The van der Waals surface area contributed by atoms with Gasteiger partial charge in [-0.3, -0.25) is 4.98 Å². The van der Waals surface area contributed by atoms with Gasteiger partial charge in [-0.1, -0.05) is 35.9 Å². The van der Waals surface area contributed by atoms with E-state index < -0.39 is 0 Å². The molecule has 1 aromatic heterocycles. The van der Waals surface area contributed by atoms with Crippen molar-refractivity contribution in [3.05, 3.63) is 83.2 Å². The third-order valence-corrected chi connectivity index (χ3v) is 5.48. The van der Waals surface area contributed by atoms with Crippen molar-refractivity contribution in [2.24, 2.45) is 0 Å². The highest BCUT2D eigenvalue weighted by molar-refractivity contribution is 5.65. The predicted molar refractivity (Wildman–Crippen MR) is 120 cm³/mol. The number of pyridine rings is 1. The molecule has 2 heterocycles. The first-order chi connectivity index (χ1) is 14.1. The summed E-state index contributed by atoms with van der Waals surface area (Å²) < 4.78 is 6.16. The van der Waals surface area contributed by atoms with E-state index in [4.69, 9.17) is 4.74 Å². The van der Waals surface area contributed by atoms with E-state index in [1.165, 1.54) is 28.1 Å². The zero-order valence-corrected chi connectivity index (χ0v) is 17.6. The summed E-state index contributed by atoms with van der Waals surface area (Å²) in [5, 5.41) is 0. The van der Waals surface area contributed by atoms with Crippen LogP contribution in [0.3, 0.4) is 0 Å². The monoisotopic (exact) mass is 387 g/mol. The van der Waals surface area contributed by atoms with Gasteiger partial charge >= 0.3 is 0 Å². The summed E-state index contributed by atoms with van der Waals surface area (Å²) in [5.74, 6) is 0.947. The van der Waals surface area contributed by atoms with Crippen LogP contribution < -0.4 is 14.5 Å². The van der Waals surface area contributed by atoms with E-state index in [2.05, 4.69) is 65.9 Å². The summed E-state index contributed by atoms with van der Waals surface area (Å²) in [5.41, 5.74) is 7.62. The Kier molecular flexibility index (Phi) is 5.70. The van der Waals surface area contributed by atoms with Crippen molar-refractivity contribution in [1.82, 2.24) is 4.98 Å². The SMILES string of the molecule is Cc1cc(C)c(N2CCN(c3ccccc3OCCc3ccccn3)C2)c(C)c1. The fourth-order valence-electron chi connectivity index (χ4n) is 4.29. The Morgan fingerprint density at radius 1 is 0.897 bits per heavy atom. The van der Waals surface area contributed by atoms with Crippen LogP contribution in [0.5, 0.6) is 5.75 Å². The molecule has 4 rings (SSSR count). The standard InChI is InChI=1S/C25H29N3O/c1-19-16-20(2)25(21(3)17-19)28-14-13-27(18-28)23-9-4-5-10-24(23)29-15-11-22-8-6-7-12-26-22/h4-10,12,16-17H,11,13-15,18H2,1-3H3. The first-order valence-corrected chi connectivity index (χ1v) is 10.3. The number of anilines is 2. The lowest BCUT2D eigenvalue weighted by Gasteiger charge is -2.26. The van der Waals surface area contributed by atoms with Gasteiger partial charge in [-0.2, -0.15) is 0 Å². The van der Waals surface area contributed by atoms with Crippen molar-refractivity contribution in [2.75, 3.05) is 36.2 Å². The molecule has 1 aliphatic heterocycles. The number of rotatable bonds is 6. The van der Waals surface area contributed by atoms with Crippen LogP contribution in [0.15, 0.2) is 60.8 Å². The zero-order chi connectivity index (χ0) is 20.2. The van der Waals surface area contributed by atoms with Crippen LogP contribution in [0.4, 0.5) is 11.4 Å². The van der Waals surface area contributed by atoms with Crippen LogP contribution in [-0.4, -0.2) is 31.3 Å². The molecule has 0 unspecified atom stereocenters. The number of hydrogen-bond donors (Lipinski definition) is 0. The highest BCUT2D eigenvalue weighted by Crippen LogP contribution is 2.33. The van der Waals surface area contributed by atoms with E-state index in [-0.39, 0.29) is 0 Å². The molecule has 1 aliphatic rings. The molecule has 150 valence electrons. The summed E-state index contributed by atoms with van der Waals surface area (Å²) in [4.78, 5) is 9.27. The van der Waals surface area contributed by atoms with Crippen molar-refractivity contribution >= 4 is 11.4 Å². The van der Waals surface area contributed by atoms with Gasteiger partial charge in [0.15, 0.2) is 0 Å². The Hall–Kier alpha value is -3.01. The molecule has 1 fully saturated rings. The second-order valence-electron chi connectivity index (χ2n) is 7.80. The molecule has 2 aromatic carbocycles. The van der Waals surface area contributed by atoms with E-state index in [0.29, 0.717) is 6.61 Å². The molecule has 4 heteroatoms. The van der Waals surface area contributed by atoms with Crippen molar-refractivity contribution < 1.29 is 4.74 Å². The molecule has 0 saturated carbocycles. The Bertz CT molecular complexity index is 948.